The maximum atomic E-state index is 13.2. The van der Waals surface area contributed by atoms with Gasteiger partial charge in [-0.05, 0) is 30.2 Å². The van der Waals surface area contributed by atoms with Crippen LogP contribution >= 0.6 is 11.8 Å². The van der Waals surface area contributed by atoms with Gasteiger partial charge in [0.2, 0.25) is 0 Å². The van der Waals surface area contributed by atoms with E-state index in [1.54, 1.807) is 17.8 Å². The molecule has 0 bridgehead atoms. The highest BCUT2D eigenvalue weighted by Crippen LogP contribution is 2.16. The summed E-state index contributed by atoms with van der Waals surface area (Å²) in [5, 5.41) is 8.72. The second-order valence-corrected chi connectivity index (χ2v) is 4.83. The number of hydrogen-bond acceptors (Lipinski definition) is 3. The number of thioether (sulfide) groups is 1. The second-order valence-electron chi connectivity index (χ2n) is 3.73. The SMILES string of the molecule is N[C@H](CO)CCCSCc1ccccc1F. The third kappa shape index (κ3) is 4.96. The van der Waals surface area contributed by atoms with E-state index in [1.165, 1.54) is 6.07 Å². The first-order valence-electron chi connectivity index (χ1n) is 5.41. The van der Waals surface area contributed by atoms with Crippen molar-refractivity contribution in [2.24, 2.45) is 5.73 Å². The van der Waals surface area contributed by atoms with Crippen molar-refractivity contribution in [1.82, 2.24) is 0 Å². The highest BCUT2D eigenvalue weighted by molar-refractivity contribution is 7.98. The number of aliphatic hydroxyl groups excluding tert-OH is 1. The normalized spacial score (nSPS) is 12.7. The quantitative estimate of drug-likeness (QED) is 0.721. The summed E-state index contributed by atoms with van der Waals surface area (Å²) in [7, 11) is 0. The molecule has 0 aliphatic carbocycles. The van der Waals surface area contributed by atoms with Crippen LogP contribution in [0.25, 0.3) is 0 Å². The lowest BCUT2D eigenvalue weighted by Crippen LogP contribution is -2.24. The topological polar surface area (TPSA) is 46.2 Å². The van der Waals surface area contributed by atoms with Gasteiger partial charge >= 0.3 is 0 Å². The summed E-state index contributed by atoms with van der Waals surface area (Å²) in [5.41, 5.74) is 6.32. The van der Waals surface area contributed by atoms with Crippen molar-refractivity contribution in [1.29, 1.82) is 0 Å². The molecule has 16 heavy (non-hydrogen) atoms. The zero-order valence-corrected chi connectivity index (χ0v) is 10.0. The van der Waals surface area contributed by atoms with Gasteiger partial charge in [-0.1, -0.05) is 18.2 Å². The van der Waals surface area contributed by atoms with Crippen LogP contribution in [0.1, 0.15) is 18.4 Å². The summed E-state index contributed by atoms with van der Waals surface area (Å²) < 4.78 is 13.2. The molecule has 4 heteroatoms. The second kappa shape index (κ2) is 7.65. The van der Waals surface area contributed by atoms with Crippen molar-refractivity contribution < 1.29 is 9.50 Å². The van der Waals surface area contributed by atoms with E-state index in [2.05, 4.69) is 0 Å². The van der Waals surface area contributed by atoms with Gasteiger partial charge in [0, 0.05) is 11.8 Å². The number of nitrogens with two attached hydrogens (primary N) is 1. The fourth-order valence-corrected chi connectivity index (χ4v) is 2.31. The largest absolute Gasteiger partial charge is 0.395 e. The molecule has 0 aliphatic heterocycles. The van der Waals surface area contributed by atoms with Gasteiger partial charge in [0.1, 0.15) is 5.82 Å². The van der Waals surface area contributed by atoms with Crippen LogP contribution in [0, 0.1) is 5.82 Å². The van der Waals surface area contributed by atoms with Crippen molar-refractivity contribution in [3.63, 3.8) is 0 Å². The van der Waals surface area contributed by atoms with Crippen LogP contribution in [-0.2, 0) is 5.75 Å². The predicted octanol–water partition coefficient (Wildman–Crippen LogP) is 2.16. The molecule has 2 nitrogen and oxygen atoms in total. The first-order chi connectivity index (χ1) is 7.74. The Balaban J connectivity index is 2.14. The van der Waals surface area contributed by atoms with Crippen LogP contribution in [0.2, 0.25) is 0 Å². The Morgan fingerprint density at radius 1 is 1.38 bits per heavy atom. The number of benzene rings is 1. The third-order valence-electron chi connectivity index (χ3n) is 2.31. The van der Waals surface area contributed by atoms with E-state index < -0.39 is 0 Å². The first-order valence-corrected chi connectivity index (χ1v) is 6.57. The Kier molecular flexibility index (Phi) is 6.45. The molecule has 0 spiro atoms. The maximum absolute atomic E-state index is 13.2. The molecule has 1 aromatic rings. The first kappa shape index (κ1) is 13.5. The minimum Gasteiger partial charge on any atom is -0.395 e. The molecule has 0 fully saturated rings. The van der Waals surface area contributed by atoms with Crippen molar-refractivity contribution >= 4 is 11.8 Å². The lowest BCUT2D eigenvalue weighted by atomic mass is 10.2. The summed E-state index contributed by atoms with van der Waals surface area (Å²) in [6.45, 7) is 0.0397. The van der Waals surface area contributed by atoms with Crippen molar-refractivity contribution in [2.75, 3.05) is 12.4 Å². The Morgan fingerprint density at radius 3 is 2.81 bits per heavy atom. The third-order valence-corrected chi connectivity index (χ3v) is 3.41. The molecule has 3 N–H and O–H groups in total. The molecule has 1 aromatic carbocycles. The van der Waals surface area contributed by atoms with Gasteiger partial charge in [-0.25, -0.2) is 4.39 Å². The van der Waals surface area contributed by atoms with Crippen LogP contribution in [0.5, 0.6) is 0 Å². The summed E-state index contributed by atoms with van der Waals surface area (Å²) in [4.78, 5) is 0. The molecule has 90 valence electrons. The Hall–Kier alpha value is -0.580. The molecular formula is C12H18FNOS. The number of hydrogen-bond donors (Lipinski definition) is 2. The van der Waals surface area contributed by atoms with Gasteiger partial charge in [-0.2, -0.15) is 11.8 Å². The molecule has 0 aromatic heterocycles. The summed E-state index contributed by atoms with van der Waals surface area (Å²) in [6, 6.07) is 6.72. The minimum atomic E-state index is -0.137. The molecule has 0 unspecified atom stereocenters. The van der Waals surface area contributed by atoms with Crippen LogP contribution in [0.3, 0.4) is 0 Å². The fraction of sp³-hybridized carbons (Fsp3) is 0.500. The molecule has 0 radical (unpaired) electrons. The minimum absolute atomic E-state index is 0.0397. The number of rotatable bonds is 7. The predicted molar refractivity (Wildman–Crippen MR) is 66.9 cm³/mol. The molecule has 0 saturated carbocycles. The van der Waals surface area contributed by atoms with Gasteiger partial charge in [0.25, 0.3) is 0 Å². The lowest BCUT2D eigenvalue weighted by Gasteiger charge is -2.07. The van der Waals surface area contributed by atoms with Crippen molar-refractivity contribution in [3.05, 3.63) is 35.6 Å². The van der Waals surface area contributed by atoms with Gasteiger partial charge in [-0.3, -0.25) is 0 Å². The smallest absolute Gasteiger partial charge is 0.127 e. The van der Waals surface area contributed by atoms with Crippen molar-refractivity contribution in [3.8, 4) is 0 Å². The van der Waals surface area contributed by atoms with Gasteiger partial charge in [0.05, 0.1) is 6.61 Å². The van der Waals surface area contributed by atoms with Crippen LogP contribution in [0.4, 0.5) is 4.39 Å². The van der Waals surface area contributed by atoms with Crippen molar-refractivity contribution in [2.45, 2.75) is 24.6 Å². The highest BCUT2D eigenvalue weighted by atomic mass is 32.2. The number of aliphatic hydroxyl groups is 1. The Bertz CT molecular complexity index is 309. The molecule has 1 rings (SSSR count). The molecular weight excluding hydrogens is 225 g/mol. The van der Waals surface area contributed by atoms with E-state index in [0.717, 1.165) is 24.2 Å². The zero-order chi connectivity index (χ0) is 11.8. The zero-order valence-electron chi connectivity index (χ0n) is 9.23. The fourth-order valence-electron chi connectivity index (χ4n) is 1.34. The monoisotopic (exact) mass is 243 g/mol. The Morgan fingerprint density at radius 2 is 2.12 bits per heavy atom. The average Bonchev–Trinajstić information content (AvgIpc) is 2.30. The van der Waals surface area contributed by atoms with E-state index in [1.807, 2.05) is 12.1 Å². The van der Waals surface area contributed by atoms with E-state index in [-0.39, 0.29) is 18.5 Å². The van der Waals surface area contributed by atoms with E-state index in [0.29, 0.717) is 5.75 Å². The molecule has 0 aliphatic rings. The lowest BCUT2D eigenvalue weighted by molar-refractivity contribution is 0.259. The maximum Gasteiger partial charge on any atom is 0.127 e. The molecule has 0 saturated heterocycles. The summed E-state index contributed by atoms with van der Waals surface area (Å²) >= 11 is 1.70. The molecule has 0 heterocycles. The molecule has 1 atom stereocenters. The van der Waals surface area contributed by atoms with Gasteiger partial charge < -0.3 is 10.8 Å². The highest BCUT2D eigenvalue weighted by Gasteiger charge is 2.02. The average molecular weight is 243 g/mol. The van der Waals surface area contributed by atoms with Gasteiger partial charge in [0.15, 0.2) is 0 Å². The van der Waals surface area contributed by atoms with Crippen LogP contribution < -0.4 is 5.73 Å². The summed E-state index contributed by atoms with van der Waals surface area (Å²) in [6.07, 6.45) is 1.78. The van der Waals surface area contributed by atoms with E-state index in [4.69, 9.17) is 10.8 Å². The van der Waals surface area contributed by atoms with Crippen LogP contribution in [0.15, 0.2) is 24.3 Å². The van der Waals surface area contributed by atoms with Gasteiger partial charge in [-0.15, -0.1) is 0 Å². The van der Waals surface area contributed by atoms with E-state index >= 15 is 0 Å². The summed E-state index contributed by atoms with van der Waals surface area (Å²) in [5.74, 6) is 1.50. The standard InChI is InChI=1S/C12H18FNOS/c13-12-6-2-1-4-10(12)9-16-7-3-5-11(14)8-15/h1-2,4,6,11,15H,3,5,7-9,14H2/t11-/m0/s1. The molecule has 0 amide bonds. The Labute approximate surface area is 100 Å². The number of halogens is 1. The van der Waals surface area contributed by atoms with E-state index in [9.17, 15) is 4.39 Å². The van der Waals surface area contributed by atoms with Crippen LogP contribution in [-0.4, -0.2) is 23.5 Å².